The first-order valence-corrected chi connectivity index (χ1v) is 7.49. The SMILES string of the molecule is CNCc1c(Cl)cccc1N1CCOC2CCCC21. The van der Waals surface area contributed by atoms with E-state index in [0.717, 1.165) is 24.7 Å². The highest BCUT2D eigenvalue weighted by Crippen LogP contribution is 2.36. The Kier molecular flexibility index (Phi) is 3.96. The lowest BCUT2D eigenvalue weighted by Gasteiger charge is -2.40. The zero-order valence-corrected chi connectivity index (χ0v) is 12.1. The van der Waals surface area contributed by atoms with Crippen molar-refractivity contribution in [2.24, 2.45) is 0 Å². The maximum Gasteiger partial charge on any atom is 0.0779 e. The molecule has 2 unspecified atom stereocenters. The zero-order chi connectivity index (χ0) is 13.2. The van der Waals surface area contributed by atoms with E-state index in [1.54, 1.807) is 0 Å². The van der Waals surface area contributed by atoms with Gasteiger partial charge in [0.2, 0.25) is 0 Å². The van der Waals surface area contributed by atoms with Crippen molar-refractivity contribution in [3.8, 4) is 0 Å². The lowest BCUT2D eigenvalue weighted by atomic mass is 10.1. The maximum atomic E-state index is 6.37. The summed E-state index contributed by atoms with van der Waals surface area (Å²) in [7, 11) is 1.96. The predicted molar refractivity (Wildman–Crippen MR) is 78.9 cm³/mol. The minimum atomic E-state index is 0.412. The van der Waals surface area contributed by atoms with Crippen molar-refractivity contribution in [1.29, 1.82) is 0 Å². The minimum absolute atomic E-state index is 0.412. The van der Waals surface area contributed by atoms with Crippen LogP contribution < -0.4 is 10.2 Å². The zero-order valence-electron chi connectivity index (χ0n) is 11.4. The van der Waals surface area contributed by atoms with Gasteiger partial charge in [0, 0.05) is 29.4 Å². The largest absolute Gasteiger partial charge is 0.374 e. The van der Waals surface area contributed by atoms with Gasteiger partial charge >= 0.3 is 0 Å². The van der Waals surface area contributed by atoms with E-state index in [4.69, 9.17) is 16.3 Å². The van der Waals surface area contributed by atoms with E-state index in [0.29, 0.717) is 12.1 Å². The van der Waals surface area contributed by atoms with Gasteiger partial charge in [-0.1, -0.05) is 17.7 Å². The highest BCUT2D eigenvalue weighted by atomic mass is 35.5. The lowest BCUT2D eigenvalue weighted by molar-refractivity contribution is 0.0256. The number of nitrogens with one attached hydrogen (secondary N) is 1. The lowest BCUT2D eigenvalue weighted by Crippen LogP contribution is -2.49. The van der Waals surface area contributed by atoms with Gasteiger partial charge in [0.15, 0.2) is 0 Å². The van der Waals surface area contributed by atoms with Gasteiger partial charge in [0.05, 0.1) is 18.8 Å². The van der Waals surface area contributed by atoms with Gasteiger partial charge < -0.3 is 15.0 Å². The molecule has 3 rings (SSSR count). The van der Waals surface area contributed by atoms with Crippen molar-refractivity contribution < 1.29 is 4.74 Å². The fraction of sp³-hybridized carbons (Fsp3) is 0.600. The third kappa shape index (κ3) is 2.47. The molecular weight excluding hydrogens is 260 g/mol. The van der Waals surface area contributed by atoms with Gasteiger partial charge in [-0.3, -0.25) is 0 Å². The van der Waals surface area contributed by atoms with Crippen LogP contribution in [0.4, 0.5) is 5.69 Å². The van der Waals surface area contributed by atoms with Crippen molar-refractivity contribution in [2.45, 2.75) is 38.0 Å². The van der Waals surface area contributed by atoms with Crippen molar-refractivity contribution in [3.05, 3.63) is 28.8 Å². The van der Waals surface area contributed by atoms with Crippen LogP contribution in [0.15, 0.2) is 18.2 Å². The van der Waals surface area contributed by atoms with Gasteiger partial charge in [-0.15, -0.1) is 0 Å². The number of ether oxygens (including phenoxy) is 1. The first kappa shape index (κ1) is 13.2. The van der Waals surface area contributed by atoms with Crippen molar-refractivity contribution >= 4 is 17.3 Å². The molecule has 1 saturated heterocycles. The molecule has 0 spiro atoms. The maximum absolute atomic E-state index is 6.37. The van der Waals surface area contributed by atoms with Crippen LogP contribution in [0.25, 0.3) is 0 Å². The summed E-state index contributed by atoms with van der Waals surface area (Å²) in [5.74, 6) is 0. The van der Waals surface area contributed by atoms with Gasteiger partial charge in [-0.2, -0.15) is 0 Å². The van der Waals surface area contributed by atoms with E-state index in [1.165, 1.54) is 30.5 Å². The quantitative estimate of drug-likeness (QED) is 0.921. The molecule has 1 aromatic carbocycles. The topological polar surface area (TPSA) is 24.5 Å². The Morgan fingerprint density at radius 3 is 3.16 bits per heavy atom. The number of halogens is 1. The molecule has 0 aromatic heterocycles. The smallest absolute Gasteiger partial charge is 0.0779 e. The molecular formula is C15H21ClN2O. The normalized spacial score (nSPS) is 26.5. The van der Waals surface area contributed by atoms with E-state index in [2.05, 4.69) is 22.3 Å². The van der Waals surface area contributed by atoms with Crippen LogP contribution in [0.2, 0.25) is 5.02 Å². The molecule has 2 atom stereocenters. The van der Waals surface area contributed by atoms with E-state index >= 15 is 0 Å². The molecule has 1 saturated carbocycles. The summed E-state index contributed by atoms with van der Waals surface area (Å²) in [4.78, 5) is 2.51. The van der Waals surface area contributed by atoms with Gasteiger partial charge in [0.25, 0.3) is 0 Å². The third-order valence-corrected chi connectivity index (χ3v) is 4.59. The Hall–Kier alpha value is -0.770. The summed E-state index contributed by atoms with van der Waals surface area (Å²) in [6.45, 7) is 2.61. The van der Waals surface area contributed by atoms with Crippen molar-refractivity contribution in [1.82, 2.24) is 5.32 Å². The van der Waals surface area contributed by atoms with Crippen LogP contribution in [0.3, 0.4) is 0 Å². The molecule has 1 aliphatic carbocycles. The number of anilines is 1. The monoisotopic (exact) mass is 280 g/mol. The molecule has 1 aliphatic heterocycles. The number of benzene rings is 1. The number of morpholine rings is 1. The van der Waals surface area contributed by atoms with E-state index in [-0.39, 0.29) is 0 Å². The van der Waals surface area contributed by atoms with Crippen LogP contribution in [0.5, 0.6) is 0 Å². The summed E-state index contributed by atoms with van der Waals surface area (Å²) in [6.07, 6.45) is 4.11. The molecule has 3 nitrogen and oxygen atoms in total. The predicted octanol–water partition coefficient (Wildman–Crippen LogP) is 2.82. The summed E-state index contributed by atoms with van der Waals surface area (Å²) >= 11 is 6.37. The standard InChI is InChI=1S/C15H21ClN2O/c1-17-10-11-12(16)4-2-5-13(11)18-8-9-19-15-7-3-6-14(15)18/h2,4-5,14-15,17H,3,6-10H2,1H3. The highest BCUT2D eigenvalue weighted by molar-refractivity contribution is 6.31. The fourth-order valence-electron chi connectivity index (χ4n) is 3.39. The molecule has 104 valence electrons. The summed E-state index contributed by atoms with van der Waals surface area (Å²) in [5.41, 5.74) is 2.49. The number of hydrogen-bond donors (Lipinski definition) is 1. The highest BCUT2D eigenvalue weighted by Gasteiger charge is 2.36. The molecule has 0 bridgehead atoms. The number of fused-ring (bicyclic) bond motifs is 1. The summed E-state index contributed by atoms with van der Waals surface area (Å²) < 4.78 is 5.89. The Morgan fingerprint density at radius 1 is 1.42 bits per heavy atom. The van der Waals surface area contributed by atoms with E-state index in [9.17, 15) is 0 Å². The van der Waals surface area contributed by atoms with E-state index < -0.39 is 0 Å². The number of rotatable bonds is 3. The average Bonchev–Trinajstić information content (AvgIpc) is 2.89. The van der Waals surface area contributed by atoms with Crippen molar-refractivity contribution in [2.75, 3.05) is 25.1 Å². The van der Waals surface area contributed by atoms with Gasteiger partial charge in [-0.25, -0.2) is 0 Å². The molecule has 2 aliphatic rings. The first-order chi connectivity index (χ1) is 9.31. The van der Waals surface area contributed by atoms with Gasteiger partial charge in [0.1, 0.15) is 0 Å². The van der Waals surface area contributed by atoms with Crippen LogP contribution in [-0.4, -0.2) is 32.3 Å². The Balaban J connectivity index is 1.94. The summed E-state index contributed by atoms with van der Waals surface area (Å²) in [5, 5.41) is 4.08. The third-order valence-electron chi connectivity index (χ3n) is 4.24. The van der Waals surface area contributed by atoms with Crippen molar-refractivity contribution in [3.63, 3.8) is 0 Å². The molecule has 0 radical (unpaired) electrons. The minimum Gasteiger partial charge on any atom is -0.374 e. The second-order valence-electron chi connectivity index (χ2n) is 5.37. The van der Waals surface area contributed by atoms with Gasteiger partial charge in [-0.05, 0) is 38.4 Å². The molecule has 1 N–H and O–H groups in total. The Morgan fingerprint density at radius 2 is 2.32 bits per heavy atom. The fourth-order valence-corrected chi connectivity index (χ4v) is 3.63. The molecule has 19 heavy (non-hydrogen) atoms. The molecule has 1 aromatic rings. The summed E-state index contributed by atoms with van der Waals surface area (Å²) in [6, 6.07) is 6.75. The second-order valence-corrected chi connectivity index (χ2v) is 5.78. The van der Waals surface area contributed by atoms with Crippen LogP contribution in [0, 0.1) is 0 Å². The average molecular weight is 281 g/mol. The number of hydrogen-bond acceptors (Lipinski definition) is 3. The molecule has 2 fully saturated rings. The molecule has 4 heteroatoms. The van der Waals surface area contributed by atoms with Crippen LogP contribution >= 0.6 is 11.6 Å². The number of nitrogens with zero attached hydrogens (tertiary/aromatic N) is 1. The Labute approximate surface area is 119 Å². The second kappa shape index (κ2) is 5.70. The molecule has 0 amide bonds. The molecule has 1 heterocycles. The van der Waals surface area contributed by atoms with Crippen LogP contribution in [-0.2, 0) is 11.3 Å². The van der Waals surface area contributed by atoms with E-state index in [1.807, 2.05) is 13.1 Å². The van der Waals surface area contributed by atoms with Crippen LogP contribution in [0.1, 0.15) is 24.8 Å². The first-order valence-electron chi connectivity index (χ1n) is 7.11. The Bertz CT molecular complexity index is 452.